The van der Waals surface area contributed by atoms with E-state index in [1.807, 2.05) is 22.8 Å². The van der Waals surface area contributed by atoms with Gasteiger partial charge in [-0.25, -0.2) is 14.6 Å². The number of fused-ring (bicyclic) bond motifs is 1. The van der Waals surface area contributed by atoms with E-state index in [0.717, 1.165) is 30.6 Å². The zero-order chi connectivity index (χ0) is 32.8. The number of nitrogens with zero attached hydrogens (tertiary/aromatic N) is 2. The zero-order valence-corrected chi connectivity index (χ0v) is 26.6. The highest BCUT2D eigenvalue weighted by Gasteiger charge is 2.23. The molecule has 2 heterocycles. The molecular weight excluding hydrogens is 612 g/mol. The van der Waals surface area contributed by atoms with Crippen molar-refractivity contribution in [3.63, 3.8) is 0 Å². The molecule has 2 N–H and O–H groups in total. The Morgan fingerprint density at radius 2 is 1.89 bits per heavy atom. The predicted octanol–water partition coefficient (Wildman–Crippen LogP) is 6.94. The Morgan fingerprint density at radius 3 is 2.61 bits per heavy atom. The third-order valence-corrected chi connectivity index (χ3v) is 8.13. The number of unbranched alkanes of at least 4 members (excludes halogenated alkanes) is 1. The van der Waals surface area contributed by atoms with Crippen LogP contribution >= 0.6 is 11.6 Å². The first kappa shape index (κ1) is 32.4. The zero-order valence-electron chi connectivity index (χ0n) is 25.8. The number of benzene rings is 3. The van der Waals surface area contributed by atoms with Crippen molar-refractivity contribution in [3.05, 3.63) is 93.4 Å². The van der Waals surface area contributed by atoms with E-state index in [0.29, 0.717) is 58.5 Å². The third-order valence-electron chi connectivity index (χ3n) is 7.82. The summed E-state index contributed by atoms with van der Waals surface area (Å²) in [5, 5.41) is 20.2. The number of carbonyl (C=O) groups is 2. The maximum atomic E-state index is 12.6. The summed E-state index contributed by atoms with van der Waals surface area (Å²) in [6, 6.07) is 13.9. The molecule has 0 aliphatic carbocycles. The summed E-state index contributed by atoms with van der Waals surface area (Å²) in [7, 11) is 3.10. The van der Waals surface area contributed by atoms with Gasteiger partial charge in [-0.05, 0) is 42.8 Å². The standard InChI is InChI=1S/C35H35ClN2O8/c1-4-5-12-38-20-37-28(15-24(34(39)40)14-23-17-30-21(11-13-45-30)16-29(23)44-3)33(38)26-10-9-25(43-2)18-31(26)46-19-22-7-6-8-27(36)32(22)35(41)42/h6-10,15-18,20H,4-5,11-14,19H2,1-3H3,(H,39,40)(H,41,42). The van der Waals surface area contributed by atoms with Crippen LogP contribution in [0.2, 0.25) is 5.02 Å². The molecule has 0 saturated heterocycles. The van der Waals surface area contributed by atoms with E-state index in [4.69, 9.17) is 30.5 Å². The number of methoxy groups -OCH3 is 2. The molecule has 46 heavy (non-hydrogen) atoms. The van der Waals surface area contributed by atoms with E-state index in [1.165, 1.54) is 13.2 Å². The van der Waals surface area contributed by atoms with Crippen molar-refractivity contribution < 1.29 is 38.7 Å². The number of aromatic nitrogens is 2. The highest BCUT2D eigenvalue weighted by molar-refractivity contribution is 6.33. The summed E-state index contributed by atoms with van der Waals surface area (Å²) < 4.78 is 25.0. The van der Waals surface area contributed by atoms with E-state index < -0.39 is 11.9 Å². The van der Waals surface area contributed by atoms with Gasteiger partial charge in [0.2, 0.25) is 0 Å². The number of rotatable bonds is 14. The van der Waals surface area contributed by atoms with Gasteiger partial charge in [0.25, 0.3) is 0 Å². The summed E-state index contributed by atoms with van der Waals surface area (Å²) in [6.07, 6.45) is 5.90. The predicted molar refractivity (Wildman–Crippen MR) is 173 cm³/mol. The van der Waals surface area contributed by atoms with Gasteiger partial charge in [0.15, 0.2) is 0 Å². The van der Waals surface area contributed by atoms with Crippen LogP contribution in [0.4, 0.5) is 0 Å². The first-order chi connectivity index (χ1) is 22.2. The minimum atomic E-state index is -1.16. The van der Waals surface area contributed by atoms with Gasteiger partial charge in [-0.3, -0.25) is 0 Å². The number of aryl methyl sites for hydroxylation is 1. The largest absolute Gasteiger partial charge is 0.497 e. The molecule has 3 aromatic carbocycles. The Labute approximate surface area is 271 Å². The van der Waals surface area contributed by atoms with Crippen LogP contribution in [-0.2, 0) is 30.8 Å². The van der Waals surface area contributed by atoms with Crippen LogP contribution in [0.5, 0.6) is 23.0 Å². The number of halogens is 1. The molecule has 0 unspecified atom stereocenters. The molecule has 240 valence electrons. The van der Waals surface area contributed by atoms with Crippen molar-refractivity contribution >= 4 is 29.6 Å². The van der Waals surface area contributed by atoms with Crippen LogP contribution in [0.3, 0.4) is 0 Å². The van der Waals surface area contributed by atoms with E-state index in [1.54, 1.807) is 43.8 Å². The summed E-state index contributed by atoms with van der Waals surface area (Å²) in [5.74, 6) is 0.00219. The van der Waals surface area contributed by atoms with Crippen LogP contribution in [0.1, 0.15) is 52.5 Å². The maximum absolute atomic E-state index is 12.6. The number of hydrogen-bond donors (Lipinski definition) is 2. The second kappa shape index (κ2) is 14.4. The second-order valence-corrected chi connectivity index (χ2v) is 11.2. The van der Waals surface area contributed by atoms with Gasteiger partial charge in [0.05, 0.1) is 49.1 Å². The Kier molecular flexibility index (Phi) is 10.2. The molecule has 1 aliphatic heterocycles. The van der Waals surface area contributed by atoms with E-state index in [2.05, 4.69) is 11.9 Å². The lowest BCUT2D eigenvalue weighted by Crippen LogP contribution is -2.08. The fraction of sp³-hybridized carbons (Fsp3) is 0.286. The quantitative estimate of drug-likeness (QED) is 0.140. The molecule has 1 aromatic heterocycles. The average molecular weight is 647 g/mol. The Bertz CT molecular complexity index is 1800. The molecule has 0 fully saturated rings. The number of carboxylic acids is 2. The van der Waals surface area contributed by atoms with Crippen LogP contribution in [-0.4, -0.2) is 52.5 Å². The van der Waals surface area contributed by atoms with Gasteiger partial charge in [-0.15, -0.1) is 0 Å². The van der Waals surface area contributed by atoms with Gasteiger partial charge in [0, 0.05) is 53.3 Å². The van der Waals surface area contributed by atoms with Crippen molar-refractivity contribution in [2.75, 3.05) is 20.8 Å². The van der Waals surface area contributed by atoms with Crippen LogP contribution in [0, 0.1) is 0 Å². The molecule has 0 spiro atoms. The number of aliphatic carboxylic acids is 1. The second-order valence-electron chi connectivity index (χ2n) is 10.8. The summed E-state index contributed by atoms with van der Waals surface area (Å²) >= 11 is 6.20. The van der Waals surface area contributed by atoms with Gasteiger partial charge in [-0.1, -0.05) is 37.1 Å². The minimum absolute atomic E-state index is 0.0382. The van der Waals surface area contributed by atoms with Crippen molar-refractivity contribution in [2.45, 2.75) is 45.8 Å². The smallest absolute Gasteiger partial charge is 0.337 e. The Morgan fingerprint density at radius 1 is 1.07 bits per heavy atom. The molecule has 0 atom stereocenters. The summed E-state index contributed by atoms with van der Waals surface area (Å²) in [4.78, 5) is 29.2. The summed E-state index contributed by atoms with van der Waals surface area (Å²) in [6.45, 7) is 3.20. The van der Waals surface area contributed by atoms with Gasteiger partial charge < -0.3 is 33.7 Å². The fourth-order valence-electron chi connectivity index (χ4n) is 5.45. The molecule has 4 aromatic rings. The SMILES string of the molecule is CCCCn1cnc(C=C(Cc2cc3c(cc2OC)CCO3)C(=O)O)c1-c1ccc(OC)cc1OCc1cccc(Cl)c1C(=O)O. The van der Waals surface area contributed by atoms with E-state index >= 15 is 0 Å². The van der Waals surface area contributed by atoms with Gasteiger partial charge in [0.1, 0.15) is 29.6 Å². The summed E-state index contributed by atoms with van der Waals surface area (Å²) in [5.41, 5.74) is 3.91. The molecule has 0 amide bonds. The lowest BCUT2D eigenvalue weighted by molar-refractivity contribution is -0.132. The Hall–Kier alpha value is -4.96. The number of carboxylic acid groups (broad SMARTS) is 2. The van der Waals surface area contributed by atoms with Crippen molar-refractivity contribution in [2.24, 2.45) is 0 Å². The Balaban J connectivity index is 1.58. The van der Waals surface area contributed by atoms with Gasteiger partial charge >= 0.3 is 11.9 Å². The normalized spacial score (nSPS) is 12.4. The molecule has 1 aliphatic rings. The van der Waals surface area contributed by atoms with E-state index in [-0.39, 0.29) is 29.2 Å². The van der Waals surface area contributed by atoms with Crippen LogP contribution < -0.4 is 18.9 Å². The maximum Gasteiger partial charge on any atom is 0.337 e. The first-order valence-electron chi connectivity index (χ1n) is 14.9. The molecule has 10 nitrogen and oxygen atoms in total. The van der Waals surface area contributed by atoms with Gasteiger partial charge in [-0.2, -0.15) is 0 Å². The van der Waals surface area contributed by atoms with E-state index in [9.17, 15) is 19.8 Å². The first-order valence-corrected chi connectivity index (χ1v) is 15.2. The van der Waals surface area contributed by atoms with Crippen LogP contribution in [0.15, 0.2) is 60.4 Å². The fourth-order valence-corrected chi connectivity index (χ4v) is 5.73. The topological polar surface area (TPSA) is 129 Å². The number of aromatic carboxylic acids is 1. The number of imidazole rings is 1. The monoisotopic (exact) mass is 646 g/mol. The molecule has 0 bridgehead atoms. The van der Waals surface area contributed by atoms with Crippen LogP contribution in [0.25, 0.3) is 17.3 Å². The highest BCUT2D eigenvalue weighted by Crippen LogP contribution is 2.38. The van der Waals surface area contributed by atoms with Crippen molar-refractivity contribution in [3.8, 4) is 34.3 Å². The molecular formula is C35H35ClN2O8. The highest BCUT2D eigenvalue weighted by atomic mass is 35.5. The lowest BCUT2D eigenvalue weighted by atomic mass is 9.99. The molecule has 5 rings (SSSR count). The van der Waals surface area contributed by atoms with Crippen molar-refractivity contribution in [1.82, 2.24) is 9.55 Å². The number of hydrogen-bond acceptors (Lipinski definition) is 7. The minimum Gasteiger partial charge on any atom is -0.497 e. The lowest BCUT2D eigenvalue weighted by Gasteiger charge is -2.17. The molecule has 0 radical (unpaired) electrons. The van der Waals surface area contributed by atoms with Crippen molar-refractivity contribution in [1.29, 1.82) is 0 Å². The number of ether oxygens (including phenoxy) is 4. The average Bonchev–Trinajstić information content (AvgIpc) is 3.67. The molecule has 0 saturated carbocycles. The molecule has 11 heteroatoms. The third kappa shape index (κ3) is 6.97.